The van der Waals surface area contributed by atoms with E-state index in [-0.39, 0.29) is 4.90 Å². The van der Waals surface area contributed by atoms with Crippen LogP contribution in [-0.2, 0) is 16.6 Å². The molecule has 3 rings (SSSR count). The van der Waals surface area contributed by atoms with Crippen LogP contribution in [0.3, 0.4) is 0 Å². The Morgan fingerprint density at radius 2 is 1.79 bits per heavy atom. The fraction of sp³-hybridized carbons (Fsp3) is 0.0952. The molecule has 0 heterocycles. The molecule has 0 spiro atoms. The van der Waals surface area contributed by atoms with Crippen molar-refractivity contribution in [2.75, 3.05) is 7.11 Å². The van der Waals surface area contributed by atoms with Gasteiger partial charge in [-0.3, -0.25) is 0 Å². The Morgan fingerprint density at radius 1 is 1.00 bits per heavy atom. The highest BCUT2D eigenvalue weighted by Gasteiger charge is 2.11. The molecule has 29 heavy (non-hydrogen) atoms. The summed E-state index contributed by atoms with van der Waals surface area (Å²) >= 11 is 5.98. The van der Waals surface area contributed by atoms with Gasteiger partial charge in [-0.1, -0.05) is 41.9 Å². The summed E-state index contributed by atoms with van der Waals surface area (Å²) in [6.45, 7) is 0.335. The molecule has 0 radical (unpaired) electrons. The fourth-order valence-corrected chi connectivity index (χ4v) is 3.52. The second kappa shape index (κ2) is 9.45. The number of sulfonamides is 1. The molecule has 150 valence electrons. The molecule has 0 aromatic heterocycles. The zero-order chi connectivity index (χ0) is 20.7. The lowest BCUT2D eigenvalue weighted by atomic mass is 10.2. The van der Waals surface area contributed by atoms with Crippen molar-refractivity contribution >= 4 is 27.8 Å². The van der Waals surface area contributed by atoms with E-state index in [9.17, 15) is 8.42 Å². The number of nitrogens with one attached hydrogen (secondary N) is 1. The number of halogens is 1. The number of nitrogens with zero attached hydrogens (tertiary/aromatic N) is 1. The lowest BCUT2D eigenvalue weighted by Crippen LogP contribution is -2.18. The topological polar surface area (TPSA) is 77.0 Å². The van der Waals surface area contributed by atoms with Crippen LogP contribution >= 0.6 is 11.6 Å². The van der Waals surface area contributed by atoms with Crippen molar-refractivity contribution in [1.82, 2.24) is 4.83 Å². The second-order valence-corrected chi connectivity index (χ2v) is 8.09. The molecule has 0 amide bonds. The minimum absolute atomic E-state index is 0.138. The van der Waals surface area contributed by atoms with Crippen LogP contribution in [0.1, 0.15) is 11.1 Å². The Balaban J connectivity index is 1.67. The van der Waals surface area contributed by atoms with Crippen LogP contribution in [0.2, 0.25) is 5.02 Å². The van der Waals surface area contributed by atoms with Gasteiger partial charge in [-0.15, -0.1) is 0 Å². The van der Waals surface area contributed by atoms with Crippen LogP contribution in [-0.4, -0.2) is 21.7 Å². The van der Waals surface area contributed by atoms with Crippen LogP contribution in [0, 0.1) is 0 Å². The fourth-order valence-electron chi connectivity index (χ4n) is 2.49. The minimum atomic E-state index is -3.71. The molecule has 1 N–H and O–H groups in total. The third kappa shape index (κ3) is 5.73. The average Bonchev–Trinajstić information content (AvgIpc) is 2.73. The average molecular weight is 431 g/mol. The highest BCUT2D eigenvalue weighted by Crippen LogP contribution is 2.28. The molecule has 0 unspecified atom stereocenters. The van der Waals surface area contributed by atoms with Crippen LogP contribution in [0.5, 0.6) is 11.5 Å². The molecule has 3 aromatic carbocycles. The Hall–Kier alpha value is -3.03. The quantitative estimate of drug-likeness (QED) is 0.428. The monoisotopic (exact) mass is 430 g/mol. The molecule has 0 atom stereocenters. The van der Waals surface area contributed by atoms with Gasteiger partial charge in [0.1, 0.15) is 6.61 Å². The summed E-state index contributed by atoms with van der Waals surface area (Å²) in [6.07, 6.45) is 1.39. The molecule has 3 aromatic rings. The number of rotatable bonds is 8. The first kappa shape index (κ1) is 20.7. The van der Waals surface area contributed by atoms with Gasteiger partial charge in [0.25, 0.3) is 10.0 Å². The van der Waals surface area contributed by atoms with E-state index in [2.05, 4.69) is 9.93 Å². The van der Waals surface area contributed by atoms with Gasteiger partial charge in [0.15, 0.2) is 11.5 Å². The first-order chi connectivity index (χ1) is 14.0. The van der Waals surface area contributed by atoms with Crippen molar-refractivity contribution < 1.29 is 17.9 Å². The number of hydrazone groups is 1. The van der Waals surface area contributed by atoms with Gasteiger partial charge in [-0.2, -0.15) is 13.5 Å². The van der Waals surface area contributed by atoms with E-state index in [1.165, 1.54) is 25.5 Å². The van der Waals surface area contributed by atoms with Crippen LogP contribution in [0.15, 0.2) is 82.8 Å². The molecule has 6 nitrogen and oxygen atoms in total. The summed E-state index contributed by atoms with van der Waals surface area (Å²) in [5.41, 5.74) is 1.58. The predicted octanol–water partition coefficient (Wildman–Crippen LogP) is 4.24. The normalized spacial score (nSPS) is 11.4. The molecular weight excluding hydrogens is 412 g/mol. The van der Waals surface area contributed by atoms with E-state index in [1.54, 1.807) is 42.5 Å². The van der Waals surface area contributed by atoms with Crippen molar-refractivity contribution in [3.8, 4) is 11.5 Å². The van der Waals surface area contributed by atoms with E-state index in [4.69, 9.17) is 21.1 Å². The van der Waals surface area contributed by atoms with E-state index in [1.807, 2.05) is 18.2 Å². The largest absolute Gasteiger partial charge is 0.493 e. The summed E-state index contributed by atoms with van der Waals surface area (Å²) in [5.74, 6) is 1.05. The standard InChI is InChI=1S/C21H19ClN2O4S/c1-27-21-13-16(14-23-24-29(25,26)19-8-3-2-4-9-19)10-11-20(21)28-15-17-6-5-7-18(22)12-17/h2-14,24H,15H2,1H3/b23-14+. The van der Waals surface area contributed by atoms with E-state index in [0.717, 1.165) is 5.56 Å². The Bertz CT molecular complexity index is 1100. The van der Waals surface area contributed by atoms with Crippen molar-refractivity contribution in [2.45, 2.75) is 11.5 Å². The molecule has 8 heteroatoms. The molecule has 0 aliphatic heterocycles. The first-order valence-electron chi connectivity index (χ1n) is 8.63. The van der Waals surface area contributed by atoms with Gasteiger partial charge < -0.3 is 9.47 Å². The van der Waals surface area contributed by atoms with E-state index in [0.29, 0.717) is 28.7 Å². The summed E-state index contributed by atoms with van der Waals surface area (Å²) in [5, 5.41) is 4.47. The Labute approximate surface area is 174 Å². The van der Waals surface area contributed by atoms with E-state index < -0.39 is 10.0 Å². The molecule has 0 aliphatic rings. The number of hydrogen-bond acceptors (Lipinski definition) is 5. The zero-order valence-electron chi connectivity index (χ0n) is 15.6. The van der Waals surface area contributed by atoms with Crippen LogP contribution in [0.25, 0.3) is 0 Å². The molecule has 0 aliphatic carbocycles. The molecule has 0 fully saturated rings. The van der Waals surface area contributed by atoms with Crippen molar-refractivity contribution in [3.63, 3.8) is 0 Å². The maximum Gasteiger partial charge on any atom is 0.276 e. The summed E-state index contributed by atoms with van der Waals surface area (Å²) in [6, 6.07) is 20.6. The highest BCUT2D eigenvalue weighted by atomic mass is 35.5. The minimum Gasteiger partial charge on any atom is -0.493 e. The molecule has 0 bridgehead atoms. The summed E-state index contributed by atoms with van der Waals surface area (Å²) in [7, 11) is -2.18. The third-order valence-corrected chi connectivity index (χ3v) is 5.38. The van der Waals surface area contributed by atoms with Gasteiger partial charge in [-0.25, -0.2) is 4.83 Å². The maximum atomic E-state index is 12.2. The lowest BCUT2D eigenvalue weighted by Gasteiger charge is -2.11. The zero-order valence-corrected chi connectivity index (χ0v) is 17.2. The second-order valence-electron chi connectivity index (χ2n) is 5.99. The van der Waals surface area contributed by atoms with Crippen molar-refractivity contribution in [2.24, 2.45) is 5.10 Å². The SMILES string of the molecule is COc1cc(/C=N/NS(=O)(=O)c2ccccc2)ccc1OCc1cccc(Cl)c1. The lowest BCUT2D eigenvalue weighted by molar-refractivity contribution is 0.284. The van der Waals surface area contributed by atoms with Crippen LogP contribution in [0.4, 0.5) is 0 Å². The third-order valence-electron chi connectivity index (χ3n) is 3.91. The number of benzene rings is 3. The number of methoxy groups -OCH3 is 1. The summed E-state index contributed by atoms with van der Waals surface area (Å²) < 4.78 is 35.5. The molecule has 0 saturated heterocycles. The smallest absolute Gasteiger partial charge is 0.276 e. The summed E-state index contributed by atoms with van der Waals surface area (Å²) in [4.78, 5) is 2.32. The Morgan fingerprint density at radius 3 is 2.52 bits per heavy atom. The van der Waals surface area contributed by atoms with Gasteiger partial charge in [0, 0.05) is 5.02 Å². The van der Waals surface area contributed by atoms with Crippen molar-refractivity contribution in [3.05, 3.63) is 88.9 Å². The van der Waals surface area contributed by atoms with Crippen LogP contribution < -0.4 is 14.3 Å². The van der Waals surface area contributed by atoms with Crippen molar-refractivity contribution in [1.29, 1.82) is 0 Å². The maximum absolute atomic E-state index is 12.2. The Kier molecular flexibility index (Phi) is 6.74. The van der Waals surface area contributed by atoms with Gasteiger partial charge >= 0.3 is 0 Å². The van der Waals surface area contributed by atoms with E-state index >= 15 is 0 Å². The molecular formula is C21H19ClN2O4S. The predicted molar refractivity (Wildman–Crippen MR) is 113 cm³/mol. The van der Waals surface area contributed by atoms with Gasteiger partial charge in [0.2, 0.25) is 0 Å². The number of hydrogen-bond donors (Lipinski definition) is 1. The first-order valence-corrected chi connectivity index (χ1v) is 10.5. The molecule has 0 saturated carbocycles. The number of ether oxygens (including phenoxy) is 2. The van der Waals surface area contributed by atoms with Gasteiger partial charge in [0.05, 0.1) is 18.2 Å². The highest BCUT2D eigenvalue weighted by molar-refractivity contribution is 7.89. The van der Waals surface area contributed by atoms with Gasteiger partial charge in [-0.05, 0) is 53.6 Å².